The van der Waals surface area contributed by atoms with E-state index in [1.165, 1.54) is 12.1 Å². The number of nitrogens with zero attached hydrogens (tertiary/aromatic N) is 4. The largest absolute Gasteiger partial charge is 0.351 e. The molecule has 0 aliphatic carbocycles. The molecule has 1 aromatic carbocycles. The first-order valence-corrected chi connectivity index (χ1v) is 6.55. The van der Waals surface area contributed by atoms with Crippen LogP contribution in [0, 0.1) is 5.82 Å². The zero-order valence-electron chi connectivity index (χ0n) is 11.2. The maximum Gasteiger partial charge on any atom is 0.210 e. The van der Waals surface area contributed by atoms with Crippen LogP contribution in [0.2, 0.25) is 0 Å². The molecule has 0 radical (unpaired) electrons. The highest BCUT2D eigenvalue weighted by Gasteiger charge is 2.23. The number of carbonyl (C=O) groups excluding carboxylic acids is 1. The molecule has 0 N–H and O–H groups in total. The number of aromatic nitrogens is 2. The third kappa shape index (κ3) is 2.29. The molecule has 1 aliphatic rings. The van der Waals surface area contributed by atoms with Gasteiger partial charge in [-0.3, -0.25) is 9.78 Å². The van der Waals surface area contributed by atoms with Crippen molar-refractivity contribution in [2.24, 2.45) is 0 Å². The second-order valence-electron chi connectivity index (χ2n) is 5.00. The molecule has 5 nitrogen and oxygen atoms in total. The predicted octanol–water partition coefficient (Wildman–Crippen LogP) is 1.44. The number of rotatable bonds is 2. The summed E-state index contributed by atoms with van der Waals surface area (Å²) < 4.78 is 13.1. The average molecular weight is 274 g/mol. The van der Waals surface area contributed by atoms with Gasteiger partial charge in [0.15, 0.2) is 0 Å². The first-order valence-electron chi connectivity index (χ1n) is 6.55. The minimum Gasteiger partial charge on any atom is -0.351 e. The van der Waals surface area contributed by atoms with Crippen LogP contribution in [0.1, 0.15) is 6.92 Å². The van der Waals surface area contributed by atoms with E-state index in [2.05, 4.69) is 14.9 Å². The summed E-state index contributed by atoms with van der Waals surface area (Å²) in [5.41, 5.74) is 1.22. The maximum absolute atomic E-state index is 13.1. The normalized spacial score (nSPS) is 19.4. The molecule has 1 aromatic heterocycles. The lowest BCUT2D eigenvalue weighted by Gasteiger charge is -2.38. The van der Waals surface area contributed by atoms with Crippen molar-refractivity contribution < 1.29 is 9.18 Å². The number of hydrogen-bond acceptors (Lipinski definition) is 4. The Balaban J connectivity index is 1.87. The van der Waals surface area contributed by atoms with Gasteiger partial charge >= 0.3 is 0 Å². The average Bonchev–Trinajstić information content (AvgIpc) is 2.46. The SMILES string of the molecule is CC1CN(c2cnc3cc(F)ccc3n2)CCN1C=O. The molecule has 3 rings (SSSR count). The lowest BCUT2D eigenvalue weighted by Crippen LogP contribution is -2.51. The van der Waals surface area contributed by atoms with Crippen LogP contribution in [0.3, 0.4) is 0 Å². The Hall–Kier alpha value is -2.24. The summed E-state index contributed by atoms with van der Waals surface area (Å²) in [6.07, 6.45) is 2.54. The first kappa shape index (κ1) is 12.8. The van der Waals surface area contributed by atoms with Crippen molar-refractivity contribution in [2.75, 3.05) is 24.5 Å². The number of carbonyl (C=O) groups is 1. The third-order valence-electron chi connectivity index (χ3n) is 3.63. The van der Waals surface area contributed by atoms with Crippen molar-refractivity contribution in [3.05, 3.63) is 30.2 Å². The third-order valence-corrected chi connectivity index (χ3v) is 3.63. The van der Waals surface area contributed by atoms with Crippen LogP contribution in [0.15, 0.2) is 24.4 Å². The van der Waals surface area contributed by atoms with E-state index in [9.17, 15) is 9.18 Å². The molecular formula is C14H15FN4O. The van der Waals surface area contributed by atoms with Crippen LogP contribution in [0.25, 0.3) is 11.0 Å². The Morgan fingerprint density at radius 3 is 2.95 bits per heavy atom. The minimum atomic E-state index is -0.312. The molecule has 1 amide bonds. The zero-order valence-corrected chi connectivity index (χ0v) is 11.2. The standard InChI is InChI=1S/C14H15FN4O/c1-10-8-18(4-5-19(10)9-20)14-7-16-13-6-11(15)2-3-12(13)17-14/h2-3,6-7,9-10H,4-5,8H2,1H3. The molecule has 20 heavy (non-hydrogen) atoms. The molecule has 1 fully saturated rings. The van der Waals surface area contributed by atoms with Crippen LogP contribution < -0.4 is 4.90 Å². The molecule has 1 atom stereocenters. The molecule has 1 unspecified atom stereocenters. The fraction of sp³-hybridized carbons (Fsp3) is 0.357. The van der Waals surface area contributed by atoms with E-state index in [-0.39, 0.29) is 11.9 Å². The zero-order chi connectivity index (χ0) is 14.1. The molecule has 0 bridgehead atoms. The smallest absolute Gasteiger partial charge is 0.210 e. The van der Waals surface area contributed by atoms with E-state index in [1.54, 1.807) is 17.2 Å². The van der Waals surface area contributed by atoms with Crippen molar-refractivity contribution in [2.45, 2.75) is 13.0 Å². The quantitative estimate of drug-likeness (QED) is 0.777. The fourth-order valence-corrected chi connectivity index (χ4v) is 2.46. The van der Waals surface area contributed by atoms with Gasteiger partial charge in [-0.05, 0) is 19.1 Å². The maximum atomic E-state index is 13.1. The number of hydrogen-bond donors (Lipinski definition) is 0. The monoisotopic (exact) mass is 274 g/mol. The molecule has 1 aliphatic heterocycles. The first-order chi connectivity index (χ1) is 9.67. The highest BCUT2D eigenvalue weighted by Crippen LogP contribution is 2.19. The summed E-state index contributed by atoms with van der Waals surface area (Å²) in [6, 6.07) is 4.53. The number of piperazine rings is 1. The van der Waals surface area contributed by atoms with Crippen molar-refractivity contribution in [3.8, 4) is 0 Å². The van der Waals surface area contributed by atoms with Gasteiger partial charge in [-0.2, -0.15) is 0 Å². The van der Waals surface area contributed by atoms with Crippen molar-refractivity contribution in [1.29, 1.82) is 0 Å². The van der Waals surface area contributed by atoms with Crippen molar-refractivity contribution in [3.63, 3.8) is 0 Å². The van der Waals surface area contributed by atoms with Gasteiger partial charge < -0.3 is 9.80 Å². The molecule has 1 saturated heterocycles. The highest BCUT2D eigenvalue weighted by atomic mass is 19.1. The van der Waals surface area contributed by atoms with Crippen molar-refractivity contribution in [1.82, 2.24) is 14.9 Å². The lowest BCUT2D eigenvalue weighted by molar-refractivity contribution is -0.120. The Morgan fingerprint density at radius 2 is 2.20 bits per heavy atom. The summed E-state index contributed by atoms with van der Waals surface area (Å²) >= 11 is 0. The summed E-state index contributed by atoms with van der Waals surface area (Å²) in [4.78, 5) is 23.5. The summed E-state index contributed by atoms with van der Waals surface area (Å²) in [5, 5.41) is 0. The number of benzene rings is 1. The summed E-state index contributed by atoms with van der Waals surface area (Å²) in [7, 11) is 0. The topological polar surface area (TPSA) is 49.3 Å². The molecular weight excluding hydrogens is 259 g/mol. The highest BCUT2D eigenvalue weighted by molar-refractivity contribution is 5.75. The molecule has 2 aromatic rings. The van der Waals surface area contributed by atoms with E-state index in [0.717, 1.165) is 25.3 Å². The second kappa shape index (κ2) is 5.03. The van der Waals surface area contributed by atoms with Crippen LogP contribution in [0.5, 0.6) is 0 Å². The van der Waals surface area contributed by atoms with Gasteiger partial charge in [0.1, 0.15) is 11.6 Å². The Kier molecular flexibility index (Phi) is 3.22. The van der Waals surface area contributed by atoms with Crippen LogP contribution in [-0.2, 0) is 4.79 Å². The van der Waals surface area contributed by atoms with E-state index in [0.29, 0.717) is 17.6 Å². The van der Waals surface area contributed by atoms with Gasteiger partial charge in [0.25, 0.3) is 0 Å². The Bertz CT molecular complexity index is 648. The molecule has 6 heteroatoms. The predicted molar refractivity (Wildman–Crippen MR) is 73.9 cm³/mol. The number of anilines is 1. The number of amides is 1. The second-order valence-corrected chi connectivity index (χ2v) is 5.00. The molecule has 2 heterocycles. The van der Waals surface area contributed by atoms with Crippen LogP contribution in [0.4, 0.5) is 10.2 Å². The molecule has 104 valence electrons. The van der Waals surface area contributed by atoms with Gasteiger partial charge in [0, 0.05) is 31.7 Å². The van der Waals surface area contributed by atoms with E-state index >= 15 is 0 Å². The molecule has 0 saturated carbocycles. The van der Waals surface area contributed by atoms with Crippen LogP contribution >= 0.6 is 0 Å². The van der Waals surface area contributed by atoms with Gasteiger partial charge in [0.2, 0.25) is 6.41 Å². The summed E-state index contributed by atoms with van der Waals surface area (Å²) in [6.45, 7) is 4.13. The number of halogens is 1. The van der Waals surface area contributed by atoms with Gasteiger partial charge in [-0.15, -0.1) is 0 Å². The minimum absolute atomic E-state index is 0.145. The Morgan fingerprint density at radius 1 is 1.35 bits per heavy atom. The Labute approximate surface area is 116 Å². The van der Waals surface area contributed by atoms with E-state index in [1.807, 2.05) is 6.92 Å². The van der Waals surface area contributed by atoms with Gasteiger partial charge in [-0.25, -0.2) is 9.37 Å². The fourth-order valence-electron chi connectivity index (χ4n) is 2.46. The lowest BCUT2D eigenvalue weighted by atomic mass is 10.2. The van der Waals surface area contributed by atoms with E-state index < -0.39 is 0 Å². The number of fused-ring (bicyclic) bond motifs is 1. The summed E-state index contributed by atoms with van der Waals surface area (Å²) in [5.74, 6) is 0.453. The van der Waals surface area contributed by atoms with Gasteiger partial charge in [0.05, 0.1) is 17.2 Å². The van der Waals surface area contributed by atoms with Crippen LogP contribution in [-0.4, -0.2) is 47.0 Å². The van der Waals surface area contributed by atoms with Gasteiger partial charge in [-0.1, -0.05) is 0 Å². The molecule has 0 spiro atoms. The van der Waals surface area contributed by atoms with Crippen molar-refractivity contribution >= 4 is 23.3 Å². The van der Waals surface area contributed by atoms with E-state index in [4.69, 9.17) is 0 Å².